The molecule has 0 saturated heterocycles. The van der Waals surface area contributed by atoms with Crippen molar-refractivity contribution >= 4 is 15.9 Å². The fourth-order valence-electron chi connectivity index (χ4n) is 2.45. The maximum Gasteiger partial charge on any atom is 0.265 e. The van der Waals surface area contributed by atoms with Gasteiger partial charge in [-0.15, -0.1) is 0 Å². The molecule has 2 heterocycles. The Morgan fingerprint density at radius 3 is 2.62 bits per heavy atom. The molecule has 0 amide bonds. The second-order valence-corrected chi connectivity index (χ2v) is 7.50. The molecule has 3 rings (SSSR count). The van der Waals surface area contributed by atoms with Crippen LogP contribution in [0.5, 0.6) is 0 Å². The van der Waals surface area contributed by atoms with Crippen LogP contribution in [0.1, 0.15) is 50.9 Å². The van der Waals surface area contributed by atoms with Crippen LogP contribution in [-0.4, -0.2) is 19.7 Å². The van der Waals surface area contributed by atoms with Crippen LogP contribution in [0.4, 0.5) is 0 Å². The van der Waals surface area contributed by atoms with E-state index in [0.717, 1.165) is 29.8 Å². The van der Waals surface area contributed by atoms with Gasteiger partial charge in [-0.1, -0.05) is 20.8 Å². The van der Waals surface area contributed by atoms with Crippen molar-refractivity contribution in [3.05, 3.63) is 32.4 Å². The minimum atomic E-state index is -0.120. The van der Waals surface area contributed by atoms with Crippen LogP contribution in [0.3, 0.4) is 0 Å². The van der Waals surface area contributed by atoms with Crippen molar-refractivity contribution in [2.24, 2.45) is 7.05 Å². The molecule has 0 spiro atoms. The Labute approximate surface area is 131 Å². The van der Waals surface area contributed by atoms with Crippen molar-refractivity contribution < 1.29 is 0 Å². The average molecular weight is 351 g/mol. The molecule has 0 radical (unpaired) electrons. The standard InChI is InChI=1S/C15H19BrN4O/c1-15(2,3)12-9(7-20(4)19-12)13-17-11(8-5-6-8)10(16)14(21)18-13/h7-8H,5-6H2,1-4H3,(H,17,18,21). The highest BCUT2D eigenvalue weighted by Gasteiger charge is 2.30. The fourth-order valence-corrected chi connectivity index (χ4v) is 2.96. The van der Waals surface area contributed by atoms with Crippen LogP contribution in [0.25, 0.3) is 11.4 Å². The van der Waals surface area contributed by atoms with E-state index in [1.54, 1.807) is 4.68 Å². The number of aromatic amines is 1. The third-order valence-corrected chi connectivity index (χ3v) is 4.41. The summed E-state index contributed by atoms with van der Waals surface area (Å²) in [6.07, 6.45) is 4.13. The highest BCUT2D eigenvalue weighted by atomic mass is 79.9. The molecule has 21 heavy (non-hydrogen) atoms. The van der Waals surface area contributed by atoms with E-state index in [1.807, 2.05) is 13.2 Å². The second kappa shape index (κ2) is 4.80. The molecule has 0 atom stereocenters. The number of H-pyrrole nitrogens is 1. The van der Waals surface area contributed by atoms with Crippen LogP contribution in [0.15, 0.2) is 15.5 Å². The molecule has 5 nitrogen and oxygen atoms in total. The monoisotopic (exact) mass is 350 g/mol. The number of aryl methyl sites for hydroxylation is 1. The van der Waals surface area contributed by atoms with Gasteiger partial charge < -0.3 is 4.98 Å². The third-order valence-electron chi connectivity index (χ3n) is 3.65. The van der Waals surface area contributed by atoms with E-state index in [1.165, 1.54) is 0 Å². The molecule has 6 heteroatoms. The number of halogens is 1. The number of hydrogen-bond donors (Lipinski definition) is 1. The van der Waals surface area contributed by atoms with Crippen LogP contribution in [0, 0.1) is 0 Å². The number of hydrogen-bond acceptors (Lipinski definition) is 3. The van der Waals surface area contributed by atoms with Gasteiger partial charge in [0.2, 0.25) is 0 Å². The van der Waals surface area contributed by atoms with Gasteiger partial charge >= 0.3 is 0 Å². The number of nitrogens with one attached hydrogen (secondary N) is 1. The molecule has 1 aliphatic carbocycles. The average Bonchev–Trinajstić information content (AvgIpc) is 3.13. The van der Waals surface area contributed by atoms with Gasteiger partial charge in [0.15, 0.2) is 0 Å². The summed E-state index contributed by atoms with van der Waals surface area (Å²) in [4.78, 5) is 19.7. The van der Waals surface area contributed by atoms with E-state index in [9.17, 15) is 4.79 Å². The van der Waals surface area contributed by atoms with Crippen molar-refractivity contribution in [3.8, 4) is 11.4 Å². The van der Waals surface area contributed by atoms with Gasteiger partial charge in [-0.05, 0) is 28.8 Å². The van der Waals surface area contributed by atoms with Gasteiger partial charge in [-0.3, -0.25) is 9.48 Å². The highest BCUT2D eigenvalue weighted by molar-refractivity contribution is 9.10. The van der Waals surface area contributed by atoms with Crippen LogP contribution < -0.4 is 5.56 Å². The van der Waals surface area contributed by atoms with Crippen molar-refractivity contribution in [3.63, 3.8) is 0 Å². The van der Waals surface area contributed by atoms with E-state index in [2.05, 4.69) is 46.8 Å². The third kappa shape index (κ3) is 2.69. The lowest BCUT2D eigenvalue weighted by molar-refractivity contribution is 0.554. The van der Waals surface area contributed by atoms with Gasteiger partial charge in [-0.2, -0.15) is 5.10 Å². The number of rotatable bonds is 2. The molecule has 2 aromatic heterocycles. The summed E-state index contributed by atoms with van der Waals surface area (Å²) in [6.45, 7) is 6.33. The summed E-state index contributed by atoms with van der Waals surface area (Å²) >= 11 is 3.36. The Kier molecular flexibility index (Phi) is 3.31. The summed E-state index contributed by atoms with van der Waals surface area (Å²) in [6, 6.07) is 0. The topological polar surface area (TPSA) is 63.6 Å². The Hall–Kier alpha value is -1.43. The first kappa shape index (κ1) is 14.5. The van der Waals surface area contributed by atoms with Gasteiger partial charge in [0, 0.05) is 24.6 Å². The molecular weight excluding hydrogens is 332 g/mol. The maximum absolute atomic E-state index is 12.2. The van der Waals surface area contributed by atoms with Crippen LogP contribution in [-0.2, 0) is 12.5 Å². The van der Waals surface area contributed by atoms with E-state index >= 15 is 0 Å². The molecule has 112 valence electrons. The quantitative estimate of drug-likeness (QED) is 0.904. The zero-order valence-electron chi connectivity index (χ0n) is 12.7. The van der Waals surface area contributed by atoms with Crippen molar-refractivity contribution in [1.29, 1.82) is 0 Å². The van der Waals surface area contributed by atoms with Gasteiger partial charge in [0.1, 0.15) is 10.3 Å². The predicted molar refractivity (Wildman–Crippen MR) is 85.4 cm³/mol. The molecule has 0 aromatic carbocycles. The van der Waals surface area contributed by atoms with Crippen molar-refractivity contribution in [2.75, 3.05) is 0 Å². The predicted octanol–water partition coefficient (Wildman–Crippen LogP) is 3.11. The molecule has 0 unspecified atom stereocenters. The van der Waals surface area contributed by atoms with E-state index in [-0.39, 0.29) is 11.0 Å². The minimum Gasteiger partial charge on any atom is -0.305 e. The number of aromatic nitrogens is 4. The zero-order chi connectivity index (χ0) is 15.4. The molecule has 1 N–H and O–H groups in total. The van der Waals surface area contributed by atoms with Crippen LogP contribution in [0.2, 0.25) is 0 Å². The Morgan fingerprint density at radius 2 is 2.05 bits per heavy atom. The Morgan fingerprint density at radius 1 is 1.38 bits per heavy atom. The van der Waals surface area contributed by atoms with E-state index < -0.39 is 0 Å². The molecular formula is C15H19BrN4O. The first-order chi connectivity index (χ1) is 9.77. The summed E-state index contributed by atoms with van der Waals surface area (Å²) in [5.74, 6) is 1.03. The van der Waals surface area contributed by atoms with E-state index in [0.29, 0.717) is 16.2 Å². The first-order valence-corrected chi connectivity index (χ1v) is 7.91. The smallest absolute Gasteiger partial charge is 0.265 e. The summed E-state index contributed by atoms with van der Waals surface area (Å²) in [7, 11) is 1.89. The summed E-state index contributed by atoms with van der Waals surface area (Å²) in [5.41, 5.74) is 2.49. The molecule has 1 aliphatic rings. The largest absolute Gasteiger partial charge is 0.305 e. The lowest BCUT2D eigenvalue weighted by Crippen LogP contribution is -2.17. The molecule has 0 aliphatic heterocycles. The Bertz CT molecular complexity index is 750. The minimum absolute atomic E-state index is 0.109. The number of nitrogens with zero attached hydrogens (tertiary/aromatic N) is 3. The normalized spacial score (nSPS) is 15.5. The van der Waals surface area contributed by atoms with Crippen molar-refractivity contribution in [2.45, 2.75) is 44.9 Å². The highest BCUT2D eigenvalue weighted by Crippen LogP contribution is 2.42. The lowest BCUT2D eigenvalue weighted by Gasteiger charge is -2.17. The zero-order valence-corrected chi connectivity index (χ0v) is 14.3. The second-order valence-electron chi connectivity index (χ2n) is 6.70. The van der Waals surface area contributed by atoms with Crippen molar-refractivity contribution in [1.82, 2.24) is 19.7 Å². The summed E-state index contributed by atoms with van der Waals surface area (Å²) < 4.78 is 2.34. The lowest BCUT2D eigenvalue weighted by atomic mass is 9.89. The SMILES string of the molecule is Cn1cc(-c2nc(C3CC3)c(Br)c(=O)[nH]2)c(C(C)(C)C)n1. The molecule has 2 aromatic rings. The van der Waals surface area contributed by atoms with Gasteiger partial charge in [0.05, 0.1) is 17.0 Å². The van der Waals surface area contributed by atoms with Crippen LogP contribution >= 0.6 is 15.9 Å². The summed E-state index contributed by atoms with van der Waals surface area (Å²) in [5, 5.41) is 4.54. The van der Waals surface area contributed by atoms with Gasteiger partial charge in [0.25, 0.3) is 5.56 Å². The van der Waals surface area contributed by atoms with E-state index in [4.69, 9.17) is 4.98 Å². The molecule has 0 bridgehead atoms. The molecule has 1 saturated carbocycles. The fraction of sp³-hybridized carbons (Fsp3) is 0.533. The first-order valence-electron chi connectivity index (χ1n) is 7.11. The Balaban J connectivity index is 2.20. The molecule has 1 fully saturated rings. The van der Waals surface area contributed by atoms with Gasteiger partial charge in [-0.25, -0.2) is 4.98 Å². The maximum atomic E-state index is 12.2.